The number of nitrogens with zero attached hydrogens (tertiary/aromatic N) is 3. The van der Waals surface area contributed by atoms with Crippen molar-refractivity contribution in [3.63, 3.8) is 0 Å². The van der Waals surface area contributed by atoms with E-state index in [0.29, 0.717) is 17.9 Å². The number of carbonyl (C=O) groups is 2. The molecule has 2 heterocycles. The van der Waals surface area contributed by atoms with Gasteiger partial charge in [0.1, 0.15) is 29.1 Å². The molecule has 2 N–H and O–H groups in total. The van der Waals surface area contributed by atoms with Crippen molar-refractivity contribution in [3.8, 4) is 0 Å². The van der Waals surface area contributed by atoms with E-state index in [1.165, 1.54) is 6.07 Å². The molecule has 1 aromatic carbocycles. The van der Waals surface area contributed by atoms with Crippen LogP contribution in [-0.2, 0) is 11.2 Å². The third-order valence-corrected chi connectivity index (χ3v) is 4.46. The molecule has 3 rings (SSSR count). The summed E-state index contributed by atoms with van der Waals surface area (Å²) in [6.45, 7) is 3.73. The van der Waals surface area contributed by atoms with Gasteiger partial charge in [0, 0.05) is 19.2 Å². The third kappa shape index (κ3) is 4.56. The fraction of sp³-hybridized carbons (Fsp3) is 0.300. The smallest absolute Gasteiger partial charge is 0.257 e. The number of benzene rings is 1. The lowest BCUT2D eigenvalue weighted by Crippen LogP contribution is -2.50. The van der Waals surface area contributed by atoms with Gasteiger partial charge < -0.3 is 10.6 Å². The summed E-state index contributed by atoms with van der Waals surface area (Å²) >= 11 is 0. The summed E-state index contributed by atoms with van der Waals surface area (Å²) in [4.78, 5) is 24.9. The lowest BCUT2D eigenvalue weighted by molar-refractivity contribution is -0.123. The number of rotatable bonds is 7. The lowest BCUT2D eigenvalue weighted by Gasteiger charge is -2.22. The summed E-state index contributed by atoms with van der Waals surface area (Å²) in [7, 11) is 0. The number of aromatic nitrogens is 3. The molecule has 2 amide bonds. The van der Waals surface area contributed by atoms with E-state index in [9.17, 15) is 18.4 Å². The number of amides is 2. The highest BCUT2D eigenvalue weighted by molar-refractivity contribution is 5.98. The average Bonchev–Trinajstić information content (AvgIpc) is 3.09. The number of carbonyl (C=O) groups excluding carboxylic acids is 2. The highest BCUT2D eigenvalue weighted by Crippen LogP contribution is 2.13. The first-order chi connectivity index (χ1) is 13.9. The second-order valence-corrected chi connectivity index (χ2v) is 6.88. The Morgan fingerprint density at radius 3 is 2.48 bits per heavy atom. The molecule has 0 radical (unpaired) electrons. The van der Waals surface area contributed by atoms with Crippen LogP contribution >= 0.6 is 0 Å². The van der Waals surface area contributed by atoms with Crippen LogP contribution in [0, 0.1) is 17.6 Å². The van der Waals surface area contributed by atoms with Crippen LogP contribution in [0.2, 0.25) is 0 Å². The minimum Gasteiger partial charge on any atom is -0.354 e. The second kappa shape index (κ2) is 8.76. The molecule has 0 fully saturated rings. The molecule has 0 aliphatic carbocycles. The van der Waals surface area contributed by atoms with E-state index >= 15 is 0 Å². The molecule has 0 aliphatic heterocycles. The zero-order valence-electron chi connectivity index (χ0n) is 16.0. The fourth-order valence-electron chi connectivity index (χ4n) is 2.93. The van der Waals surface area contributed by atoms with Crippen LogP contribution in [0.25, 0.3) is 5.65 Å². The topological polar surface area (TPSA) is 88.4 Å². The molecule has 1 atom stereocenters. The SMILES string of the molecule is CC(C)C(NC(=O)c1c(F)cccc1F)C(=O)NCCc1nnc2ccccn12. The van der Waals surface area contributed by atoms with Gasteiger partial charge in [-0.05, 0) is 30.2 Å². The summed E-state index contributed by atoms with van der Waals surface area (Å²) in [5.74, 6) is -2.99. The average molecular weight is 401 g/mol. The minimum atomic E-state index is -0.982. The van der Waals surface area contributed by atoms with E-state index in [-0.39, 0.29) is 12.5 Å². The molecule has 0 bridgehead atoms. The Kier molecular flexibility index (Phi) is 6.16. The standard InChI is InChI=1S/C20H21F2N5O2/c1-12(2)18(24-19(28)17-13(21)6-5-7-14(17)22)20(29)23-10-9-16-26-25-15-8-3-4-11-27(15)16/h3-8,11-12,18H,9-10H2,1-2H3,(H,23,29)(H,24,28). The van der Waals surface area contributed by atoms with E-state index in [1.807, 2.05) is 28.8 Å². The molecule has 2 aromatic heterocycles. The van der Waals surface area contributed by atoms with Crippen LogP contribution < -0.4 is 10.6 Å². The first kappa shape index (κ1) is 20.4. The van der Waals surface area contributed by atoms with Crippen molar-refractivity contribution in [3.05, 3.63) is 65.6 Å². The highest BCUT2D eigenvalue weighted by Gasteiger charge is 2.27. The van der Waals surface area contributed by atoms with Gasteiger partial charge >= 0.3 is 0 Å². The van der Waals surface area contributed by atoms with Gasteiger partial charge in [0.15, 0.2) is 5.65 Å². The van der Waals surface area contributed by atoms with Gasteiger partial charge in [-0.2, -0.15) is 0 Å². The predicted molar refractivity (Wildman–Crippen MR) is 102 cm³/mol. The number of pyridine rings is 1. The van der Waals surface area contributed by atoms with Gasteiger partial charge in [0.05, 0.1) is 0 Å². The largest absolute Gasteiger partial charge is 0.354 e. The first-order valence-corrected chi connectivity index (χ1v) is 9.19. The van der Waals surface area contributed by atoms with Crippen LogP contribution in [-0.4, -0.2) is 39.0 Å². The Bertz CT molecular complexity index is 1010. The van der Waals surface area contributed by atoms with Crippen LogP contribution in [0.1, 0.15) is 30.0 Å². The normalized spacial score (nSPS) is 12.2. The summed E-state index contributed by atoms with van der Waals surface area (Å²) in [6.07, 6.45) is 2.25. The highest BCUT2D eigenvalue weighted by atomic mass is 19.1. The molecule has 0 saturated heterocycles. The molecule has 7 nitrogen and oxygen atoms in total. The van der Waals surface area contributed by atoms with Crippen LogP contribution in [0.15, 0.2) is 42.6 Å². The van der Waals surface area contributed by atoms with Crippen molar-refractivity contribution < 1.29 is 18.4 Å². The van der Waals surface area contributed by atoms with Crippen LogP contribution in [0.5, 0.6) is 0 Å². The molecule has 0 aliphatic rings. The van der Waals surface area contributed by atoms with Crippen LogP contribution in [0.3, 0.4) is 0 Å². The maximum Gasteiger partial charge on any atom is 0.257 e. The lowest BCUT2D eigenvalue weighted by atomic mass is 10.0. The zero-order valence-corrected chi connectivity index (χ0v) is 16.0. The monoisotopic (exact) mass is 401 g/mol. The summed E-state index contributed by atoms with van der Waals surface area (Å²) in [6, 6.07) is 7.73. The molecule has 1 unspecified atom stereocenters. The van der Waals surface area contributed by atoms with Gasteiger partial charge in [-0.25, -0.2) is 8.78 Å². The van der Waals surface area contributed by atoms with Gasteiger partial charge in [0.2, 0.25) is 5.91 Å². The number of halogens is 2. The van der Waals surface area contributed by atoms with Crippen molar-refractivity contribution in [1.82, 2.24) is 25.2 Å². The second-order valence-electron chi connectivity index (χ2n) is 6.88. The molecule has 3 aromatic rings. The Morgan fingerprint density at radius 1 is 1.07 bits per heavy atom. The van der Waals surface area contributed by atoms with Crippen molar-refractivity contribution in [2.24, 2.45) is 5.92 Å². The summed E-state index contributed by atoms with van der Waals surface area (Å²) in [5, 5.41) is 13.3. The van der Waals surface area contributed by atoms with Gasteiger partial charge in [-0.15, -0.1) is 10.2 Å². The molecule has 9 heteroatoms. The van der Waals surface area contributed by atoms with Gasteiger partial charge in [-0.3, -0.25) is 14.0 Å². The van der Waals surface area contributed by atoms with E-state index < -0.39 is 35.1 Å². The first-order valence-electron chi connectivity index (χ1n) is 9.19. The Balaban J connectivity index is 1.63. The zero-order chi connectivity index (χ0) is 21.0. The van der Waals surface area contributed by atoms with Crippen molar-refractivity contribution in [1.29, 1.82) is 0 Å². The van der Waals surface area contributed by atoms with E-state index in [4.69, 9.17) is 0 Å². The molecular weight excluding hydrogens is 380 g/mol. The van der Waals surface area contributed by atoms with Crippen LogP contribution in [0.4, 0.5) is 8.78 Å². The number of hydrogen-bond donors (Lipinski definition) is 2. The quantitative estimate of drug-likeness (QED) is 0.635. The molecule has 29 heavy (non-hydrogen) atoms. The minimum absolute atomic E-state index is 0.266. The van der Waals surface area contributed by atoms with Gasteiger partial charge in [-0.1, -0.05) is 26.0 Å². The predicted octanol–water partition coefficient (Wildman–Crippen LogP) is 2.12. The summed E-state index contributed by atoms with van der Waals surface area (Å²) < 4.78 is 29.5. The van der Waals surface area contributed by atoms with Crippen molar-refractivity contribution in [2.45, 2.75) is 26.3 Å². The van der Waals surface area contributed by atoms with Crippen molar-refractivity contribution >= 4 is 17.5 Å². The molecular formula is C20H21F2N5O2. The Morgan fingerprint density at radius 2 is 1.79 bits per heavy atom. The molecule has 0 saturated carbocycles. The number of hydrogen-bond acceptors (Lipinski definition) is 4. The van der Waals surface area contributed by atoms with Crippen molar-refractivity contribution in [2.75, 3.05) is 6.54 Å². The fourth-order valence-corrected chi connectivity index (χ4v) is 2.93. The van der Waals surface area contributed by atoms with Gasteiger partial charge in [0.25, 0.3) is 5.91 Å². The maximum absolute atomic E-state index is 13.8. The maximum atomic E-state index is 13.8. The Hall–Kier alpha value is -3.36. The molecule has 0 spiro atoms. The van der Waals surface area contributed by atoms with E-state index in [0.717, 1.165) is 12.1 Å². The van der Waals surface area contributed by atoms with E-state index in [2.05, 4.69) is 20.8 Å². The number of fused-ring (bicyclic) bond motifs is 1. The third-order valence-electron chi connectivity index (χ3n) is 4.46. The number of nitrogens with one attached hydrogen (secondary N) is 2. The Labute approximate surface area is 166 Å². The summed E-state index contributed by atoms with van der Waals surface area (Å²) in [5.41, 5.74) is -0.00561. The molecule has 152 valence electrons. The van der Waals surface area contributed by atoms with E-state index in [1.54, 1.807) is 13.8 Å².